The van der Waals surface area contributed by atoms with Gasteiger partial charge in [0.05, 0.1) is 6.20 Å². The van der Waals surface area contributed by atoms with Crippen molar-refractivity contribution in [3.63, 3.8) is 0 Å². The van der Waals surface area contributed by atoms with Crippen molar-refractivity contribution >= 4 is 21.7 Å². The van der Waals surface area contributed by atoms with Crippen molar-refractivity contribution in [1.29, 1.82) is 0 Å². The fraction of sp³-hybridized carbons (Fsp3) is 0.231. The number of hydrogen-bond acceptors (Lipinski definition) is 2. The smallest absolute Gasteiger partial charge is 0.164 e. The average Bonchev–Trinajstić information content (AvgIpc) is 2.75. The molecule has 0 aliphatic heterocycles. The van der Waals surface area contributed by atoms with Crippen LogP contribution in [0.3, 0.4) is 0 Å². The Bertz CT molecular complexity index is 580. The molecule has 3 nitrogen and oxygen atoms in total. The Morgan fingerprint density at radius 3 is 2.94 bits per heavy atom. The molecule has 2 rings (SSSR count). The summed E-state index contributed by atoms with van der Waals surface area (Å²) in [5.41, 5.74) is 1.39. The van der Waals surface area contributed by atoms with E-state index in [1.165, 1.54) is 12.1 Å². The van der Waals surface area contributed by atoms with Crippen molar-refractivity contribution in [2.75, 3.05) is 0 Å². The van der Waals surface area contributed by atoms with Crippen LogP contribution in [0.5, 0.6) is 0 Å². The van der Waals surface area contributed by atoms with Crippen LogP contribution in [0.15, 0.2) is 35.1 Å². The number of benzene rings is 1. The topological polar surface area (TPSA) is 34.9 Å². The molecule has 1 aromatic carbocycles. The molecule has 0 aliphatic rings. The highest BCUT2D eigenvalue weighted by atomic mass is 79.9. The van der Waals surface area contributed by atoms with Gasteiger partial charge in [0.25, 0.3) is 0 Å². The van der Waals surface area contributed by atoms with Crippen molar-refractivity contribution in [2.45, 2.75) is 12.8 Å². The molecule has 1 heterocycles. The number of ketones is 1. The molecule has 0 amide bonds. The van der Waals surface area contributed by atoms with Crippen LogP contribution in [0.2, 0.25) is 0 Å². The molecular weight excluding hydrogens is 299 g/mol. The molecule has 0 bridgehead atoms. The molecule has 0 N–H and O–H groups in total. The number of halogens is 2. The number of nitrogens with zero attached hydrogens (tertiary/aromatic N) is 2. The lowest BCUT2D eigenvalue weighted by Crippen LogP contribution is -2.02. The van der Waals surface area contributed by atoms with Gasteiger partial charge < -0.3 is 0 Å². The number of carbonyl (C=O) groups is 1. The van der Waals surface area contributed by atoms with Gasteiger partial charge in [-0.15, -0.1) is 0 Å². The predicted molar refractivity (Wildman–Crippen MR) is 70.0 cm³/mol. The van der Waals surface area contributed by atoms with Crippen molar-refractivity contribution in [1.82, 2.24) is 9.78 Å². The maximum atomic E-state index is 13.1. The summed E-state index contributed by atoms with van der Waals surface area (Å²) in [6.07, 6.45) is 4.55. The minimum Gasteiger partial charge on any atom is -0.294 e. The molecule has 0 unspecified atom stereocenters. The lowest BCUT2D eigenvalue weighted by Gasteiger charge is -2.03. The number of aromatic nitrogens is 2. The van der Waals surface area contributed by atoms with Gasteiger partial charge in [0.15, 0.2) is 5.78 Å². The third kappa shape index (κ3) is 3.04. The van der Waals surface area contributed by atoms with E-state index in [0.717, 1.165) is 5.56 Å². The maximum absolute atomic E-state index is 13.1. The van der Waals surface area contributed by atoms with Gasteiger partial charge in [-0.05, 0) is 30.2 Å². The Balaban J connectivity index is 2.05. The van der Waals surface area contributed by atoms with Gasteiger partial charge in [-0.3, -0.25) is 9.48 Å². The van der Waals surface area contributed by atoms with Gasteiger partial charge in [0.1, 0.15) is 5.82 Å². The van der Waals surface area contributed by atoms with Crippen molar-refractivity contribution in [3.8, 4) is 0 Å². The third-order valence-corrected chi connectivity index (χ3v) is 3.32. The lowest BCUT2D eigenvalue weighted by molar-refractivity contribution is 0.0981. The second kappa shape index (κ2) is 5.44. The summed E-state index contributed by atoms with van der Waals surface area (Å²) in [5, 5.41) is 4.04. The first-order valence-corrected chi connectivity index (χ1v) is 6.31. The fourth-order valence-electron chi connectivity index (χ4n) is 1.70. The highest BCUT2D eigenvalue weighted by molar-refractivity contribution is 9.10. The summed E-state index contributed by atoms with van der Waals surface area (Å²) < 4.78 is 15.4. The Morgan fingerprint density at radius 1 is 1.50 bits per heavy atom. The minimum absolute atomic E-state index is 0.0785. The van der Waals surface area contributed by atoms with E-state index in [9.17, 15) is 9.18 Å². The highest BCUT2D eigenvalue weighted by Gasteiger charge is 2.11. The molecule has 0 saturated carbocycles. The Kier molecular flexibility index (Phi) is 3.91. The van der Waals surface area contributed by atoms with E-state index < -0.39 is 5.82 Å². The Labute approximate surface area is 113 Å². The molecule has 0 fully saturated rings. The molecule has 0 radical (unpaired) electrons. The molecule has 0 saturated heterocycles. The molecule has 1 aromatic heterocycles. The first-order chi connectivity index (χ1) is 8.56. The van der Waals surface area contributed by atoms with Crippen molar-refractivity contribution in [3.05, 3.63) is 52.0 Å². The van der Waals surface area contributed by atoms with Crippen molar-refractivity contribution < 1.29 is 9.18 Å². The maximum Gasteiger partial charge on any atom is 0.164 e. The molecular formula is C13H12BrFN2O. The van der Waals surface area contributed by atoms with Crippen LogP contribution in [-0.2, 0) is 13.5 Å². The van der Waals surface area contributed by atoms with E-state index in [1.807, 2.05) is 13.2 Å². The number of carbonyl (C=O) groups excluding carboxylic acids is 1. The quantitative estimate of drug-likeness (QED) is 0.813. The van der Waals surface area contributed by atoms with Crippen LogP contribution in [0.1, 0.15) is 22.3 Å². The summed E-state index contributed by atoms with van der Waals surface area (Å²) >= 11 is 3.26. The summed E-state index contributed by atoms with van der Waals surface area (Å²) in [4.78, 5) is 12.0. The number of hydrogen-bond donors (Lipinski definition) is 0. The molecule has 18 heavy (non-hydrogen) atoms. The first kappa shape index (κ1) is 13.0. The van der Waals surface area contributed by atoms with E-state index in [2.05, 4.69) is 21.0 Å². The fourth-order valence-corrected chi connectivity index (χ4v) is 2.17. The summed E-state index contributed by atoms with van der Waals surface area (Å²) in [5.74, 6) is -0.479. The van der Waals surface area contributed by atoms with Gasteiger partial charge in [-0.2, -0.15) is 5.10 Å². The lowest BCUT2D eigenvalue weighted by atomic mass is 10.0. The van der Waals surface area contributed by atoms with Gasteiger partial charge in [-0.25, -0.2) is 4.39 Å². The van der Waals surface area contributed by atoms with Crippen LogP contribution < -0.4 is 0 Å². The van der Waals surface area contributed by atoms with Gasteiger partial charge in [0.2, 0.25) is 0 Å². The predicted octanol–water partition coefficient (Wildman–Crippen LogP) is 3.14. The molecule has 2 aromatic rings. The standard InChI is InChI=1S/C13H12BrFN2O/c1-17-8-9(7-16-17)2-5-13(18)11-6-10(15)3-4-12(11)14/h3-4,6-8H,2,5H2,1H3. The van der Waals surface area contributed by atoms with Gasteiger partial charge >= 0.3 is 0 Å². The zero-order chi connectivity index (χ0) is 13.1. The van der Waals surface area contributed by atoms with Crippen molar-refractivity contribution in [2.24, 2.45) is 7.05 Å². The van der Waals surface area contributed by atoms with E-state index in [1.54, 1.807) is 16.9 Å². The SMILES string of the molecule is Cn1cc(CCC(=O)c2cc(F)ccc2Br)cn1. The first-order valence-electron chi connectivity index (χ1n) is 5.52. The zero-order valence-corrected chi connectivity index (χ0v) is 11.4. The zero-order valence-electron chi connectivity index (χ0n) is 9.86. The molecule has 0 aliphatic carbocycles. The summed E-state index contributed by atoms with van der Waals surface area (Å²) in [6.45, 7) is 0. The van der Waals surface area contributed by atoms with E-state index >= 15 is 0 Å². The van der Waals surface area contributed by atoms with Crippen LogP contribution in [0.4, 0.5) is 4.39 Å². The molecule has 5 heteroatoms. The Hall–Kier alpha value is -1.49. The molecule has 0 spiro atoms. The van der Waals surface area contributed by atoms with E-state index in [4.69, 9.17) is 0 Å². The van der Waals surface area contributed by atoms with Gasteiger partial charge in [-0.1, -0.05) is 15.9 Å². The number of aryl methyl sites for hydroxylation is 2. The van der Waals surface area contributed by atoms with Crippen LogP contribution >= 0.6 is 15.9 Å². The normalized spacial score (nSPS) is 10.6. The third-order valence-electron chi connectivity index (χ3n) is 2.63. The van der Waals surface area contributed by atoms with E-state index in [-0.39, 0.29) is 5.78 Å². The minimum atomic E-state index is -0.400. The van der Waals surface area contributed by atoms with Gasteiger partial charge in [0, 0.05) is 29.7 Å². The average molecular weight is 311 g/mol. The second-order valence-corrected chi connectivity index (χ2v) is 4.92. The number of Topliss-reactive ketones (excluding diaryl/α,β-unsaturated/α-hetero) is 1. The van der Waals surface area contributed by atoms with E-state index in [0.29, 0.717) is 22.9 Å². The summed E-state index contributed by atoms with van der Waals surface area (Å²) in [7, 11) is 1.83. The Morgan fingerprint density at radius 2 is 2.28 bits per heavy atom. The monoisotopic (exact) mass is 310 g/mol. The highest BCUT2D eigenvalue weighted by Crippen LogP contribution is 2.20. The van der Waals surface area contributed by atoms with Crippen LogP contribution in [0.25, 0.3) is 0 Å². The molecule has 94 valence electrons. The van der Waals surface area contributed by atoms with Crippen LogP contribution in [0, 0.1) is 5.82 Å². The largest absolute Gasteiger partial charge is 0.294 e. The number of rotatable bonds is 4. The second-order valence-electron chi connectivity index (χ2n) is 4.07. The van der Waals surface area contributed by atoms with Crippen LogP contribution in [-0.4, -0.2) is 15.6 Å². The molecule has 0 atom stereocenters. The summed E-state index contributed by atoms with van der Waals surface area (Å²) in [6, 6.07) is 4.13.